The number of nitrogens with one attached hydrogen (secondary N) is 1. The zero-order valence-corrected chi connectivity index (χ0v) is 10.9. The molecule has 3 nitrogen and oxygen atoms in total. The number of phenolic OH excluding ortho intramolecular Hbond substituents is 1. The molecule has 0 saturated carbocycles. The molecule has 1 aromatic heterocycles. The van der Waals surface area contributed by atoms with Crippen molar-refractivity contribution < 1.29 is 9.50 Å². The highest BCUT2D eigenvalue weighted by Gasteiger charge is 2.02. The zero-order chi connectivity index (χ0) is 13.0. The number of hydrogen-bond donors (Lipinski definition) is 2. The van der Waals surface area contributed by atoms with Crippen molar-refractivity contribution in [2.24, 2.45) is 0 Å². The lowest BCUT2D eigenvalue weighted by Crippen LogP contribution is -2.12. The molecule has 0 amide bonds. The molecule has 2 rings (SSSR count). The number of aryl methyl sites for hydroxylation is 1. The van der Waals surface area contributed by atoms with Gasteiger partial charge in [-0.05, 0) is 24.1 Å². The Morgan fingerprint density at radius 3 is 2.83 bits per heavy atom. The number of benzene rings is 1. The molecule has 0 aliphatic carbocycles. The number of rotatable bonds is 5. The van der Waals surface area contributed by atoms with Crippen LogP contribution in [0.5, 0.6) is 5.75 Å². The van der Waals surface area contributed by atoms with Crippen LogP contribution in [0.1, 0.15) is 22.4 Å². The lowest BCUT2D eigenvalue weighted by atomic mass is 10.2. The van der Waals surface area contributed by atoms with Crippen LogP contribution in [0.3, 0.4) is 0 Å². The van der Waals surface area contributed by atoms with E-state index in [2.05, 4.69) is 17.2 Å². The van der Waals surface area contributed by atoms with E-state index in [1.54, 1.807) is 17.4 Å². The molecule has 96 valence electrons. The van der Waals surface area contributed by atoms with Gasteiger partial charge in [0.25, 0.3) is 0 Å². The summed E-state index contributed by atoms with van der Waals surface area (Å²) in [7, 11) is 0. The molecule has 2 N–H and O–H groups in total. The van der Waals surface area contributed by atoms with Crippen molar-refractivity contribution in [3.05, 3.63) is 45.7 Å². The summed E-state index contributed by atoms with van der Waals surface area (Å²) in [6.07, 6.45) is 2.88. The van der Waals surface area contributed by atoms with Gasteiger partial charge in [-0.3, -0.25) is 0 Å². The van der Waals surface area contributed by atoms with E-state index in [0.29, 0.717) is 13.1 Å². The van der Waals surface area contributed by atoms with E-state index in [4.69, 9.17) is 0 Å². The summed E-state index contributed by atoms with van der Waals surface area (Å²) < 4.78 is 13.0. The molecule has 0 aliphatic rings. The number of hydrogen-bond acceptors (Lipinski definition) is 4. The van der Waals surface area contributed by atoms with Gasteiger partial charge in [0.1, 0.15) is 16.6 Å². The van der Waals surface area contributed by atoms with Gasteiger partial charge >= 0.3 is 0 Å². The third-order valence-electron chi connectivity index (χ3n) is 2.50. The highest BCUT2D eigenvalue weighted by atomic mass is 32.1. The van der Waals surface area contributed by atoms with Crippen LogP contribution in [0, 0.1) is 5.82 Å². The van der Waals surface area contributed by atoms with Crippen molar-refractivity contribution in [2.75, 3.05) is 0 Å². The Kier molecular flexibility index (Phi) is 4.28. The summed E-state index contributed by atoms with van der Waals surface area (Å²) in [4.78, 5) is 5.55. The van der Waals surface area contributed by atoms with Gasteiger partial charge in [-0.25, -0.2) is 9.37 Å². The first-order chi connectivity index (χ1) is 8.67. The van der Waals surface area contributed by atoms with Crippen LogP contribution in [0.4, 0.5) is 4.39 Å². The fourth-order valence-corrected chi connectivity index (χ4v) is 2.47. The third kappa shape index (κ3) is 3.51. The van der Waals surface area contributed by atoms with Gasteiger partial charge in [0.05, 0.1) is 0 Å². The van der Waals surface area contributed by atoms with Gasteiger partial charge < -0.3 is 10.4 Å². The minimum Gasteiger partial charge on any atom is -0.508 e. The van der Waals surface area contributed by atoms with E-state index in [1.165, 1.54) is 10.9 Å². The normalized spacial score (nSPS) is 10.8. The molecule has 5 heteroatoms. The number of halogens is 1. The van der Waals surface area contributed by atoms with Crippen molar-refractivity contribution in [3.63, 3.8) is 0 Å². The Morgan fingerprint density at radius 2 is 2.17 bits per heavy atom. The van der Waals surface area contributed by atoms with E-state index in [0.717, 1.165) is 23.1 Å². The second kappa shape index (κ2) is 5.93. The van der Waals surface area contributed by atoms with Crippen LogP contribution < -0.4 is 5.32 Å². The van der Waals surface area contributed by atoms with Crippen molar-refractivity contribution in [1.82, 2.24) is 10.3 Å². The summed E-state index contributed by atoms with van der Waals surface area (Å²) in [5.74, 6) is -0.469. The van der Waals surface area contributed by atoms with Crippen molar-refractivity contribution in [1.29, 1.82) is 0 Å². The molecule has 1 aromatic carbocycles. The number of aromatic hydroxyl groups is 1. The molecule has 0 aliphatic heterocycles. The molecule has 0 radical (unpaired) electrons. The topological polar surface area (TPSA) is 45.2 Å². The highest BCUT2D eigenvalue weighted by Crippen LogP contribution is 2.15. The van der Waals surface area contributed by atoms with E-state index in [-0.39, 0.29) is 5.75 Å². The van der Waals surface area contributed by atoms with E-state index >= 15 is 0 Å². The maximum absolute atomic E-state index is 13.0. The number of thiazole rings is 1. The summed E-state index contributed by atoms with van der Waals surface area (Å²) in [5, 5.41) is 13.5. The molecule has 18 heavy (non-hydrogen) atoms. The van der Waals surface area contributed by atoms with Crippen molar-refractivity contribution in [2.45, 2.75) is 26.4 Å². The largest absolute Gasteiger partial charge is 0.508 e. The van der Waals surface area contributed by atoms with E-state index < -0.39 is 5.82 Å². The molecule has 0 bridgehead atoms. The monoisotopic (exact) mass is 266 g/mol. The quantitative estimate of drug-likeness (QED) is 0.874. The molecule has 0 atom stereocenters. The second-order valence-corrected chi connectivity index (χ2v) is 5.19. The maximum Gasteiger partial charge on any atom is 0.127 e. The molecular formula is C13H15FN2OS. The number of aromatic nitrogens is 1. The SMILES string of the molecule is CCc1cnc(CNCc2cc(O)cc(F)c2)s1. The summed E-state index contributed by atoms with van der Waals surface area (Å²) >= 11 is 1.68. The fourth-order valence-electron chi connectivity index (χ4n) is 1.64. The van der Waals surface area contributed by atoms with Gasteiger partial charge in [-0.15, -0.1) is 11.3 Å². The average Bonchev–Trinajstić information content (AvgIpc) is 2.76. The standard InChI is InChI=1S/C13H15FN2OS/c1-2-12-7-16-13(18-12)8-15-6-9-3-10(14)5-11(17)4-9/h3-5,7,15,17H,2,6,8H2,1H3. The van der Waals surface area contributed by atoms with Crippen LogP contribution in [-0.4, -0.2) is 10.1 Å². The smallest absolute Gasteiger partial charge is 0.127 e. The summed E-state index contributed by atoms with van der Waals surface area (Å²) in [6, 6.07) is 4.05. The molecule has 2 aromatic rings. The summed E-state index contributed by atoms with van der Waals surface area (Å²) in [6.45, 7) is 3.26. The van der Waals surface area contributed by atoms with E-state index in [1.807, 2.05) is 6.20 Å². The number of phenols is 1. The zero-order valence-electron chi connectivity index (χ0n) is 10.1. The van der Waals surface area contributed by atoms with Crippen LogP contribution >= 0.6 is 11.3 Å². The molecule has 0 saturated heterocycles. The van der Waals surface area contributed by atoms with Crippen LogP contribution in [0.2, 0.25) is 0 Å². The van der Waals surface area contributed by atoms with Gasteiger partial charge in [0, 0.05) is 30.2 Å². The van der Waals surface area contributed by atoms with Gasteiger partial charge in [0.2, 0.25) is 0 Å². The van der Waals surface area contributed by atoms with Gasteiger partial charge in [0.15, 0.2) is 0 Å². The second-order valence-electron chi connectivity index (χ2n) is 4.00. The molecule has 0 unspecified atom stereocenters. The minimum absolute atomic E-state index is 0.0469. The van der Waals surface area contributed by atoms with Gasteiger partial charge in [-0.2, -0.15) is 0 Å². The van der Waals surface area contributed by atoms with Crippen molar-refractivity contribution >= 4 is 11.3 Å². The predicted octanol–water partition coefficient (Wildman–Crippen LogP) is 2.84. The average molecular weight is 266 g/mol. The van der Waals surface area contributed by atoms with E-state index in [9.17, 15) is 9.50 Å². The predicted molar refractivity (Wildman–Crippen MR) is 70.1 cm³/mol. The van der Waals surface area contributed by atoms with Crippen LogP contribution in [0.25, 0.3) is 0 Å². The Labute approximate surface area is 109 Å². The lowest BCUT2D eigenvalue weighted by Gasteiger charge is -2.04. The molecular weight excluding hydrogens is 251 g/mol. The summed E-state index contributed by atoms with van der Waals surface area (Å²) in [5.41, 5.74) is 0.722. The van der Waals surface area contributed by atoms with Crippen LogP contribution in [-0.2, 0) is 19.5 Å². The third-order valence-corrected chi connectivity index (χ3v) is 3.64. The molecule has 0 spiro atoms. The number of nitrogens with zero attached hydrogens (tertiary/aromatic N) is 1. The highest BCUT2D eigenvalue weighted by molar-refractivity contribution is 7.11. The van der Waals surface area contributed by atoms with Gasteiger partial charge in [-0.1, -0.05) is 6.92 Å². The first kappa shape index (κ1) is 13.0. The Morgan fingerprint density at radius 1 is 1.33 bits per heavy atom. The van der Waals surface area contributed by atoms with Crippen molar-refractivity contribution in [3.8, 4) is 5.75 Å². The lowest BCUT2D eigenvalue weighted by molar-refractivity contribution is 0.467. The minimum atomic E-state index is -0.422. The first-order valence-electron chi connectivity index (χ1n) is 5.80. The maximum atomic E-state index is 13.0. The molecule has 1 heterocycles. The first-order valence-corrected chi connectivity index (χ1v) is 6.61. The Balaban J connectivity index is 1.88. The van der Waals surface area contributed by atoms with Crippen LogP contribution in [0.15, 0.2) is 24.4 Å². The Bertz CT molecular complexity index is 507. The Hall–Kier alpha value is -1.46. The molecule has 0 fully saturated rings. The fraction of sp³-hybridized carbons (Fsp3) is 0.308.